The van der Waals surface area contributed by atoms with Gasteiger partial charge >= 0.3 is 6.18 Å². The van der Waals surface area contributed by atoms with Crippen LogP contribution >= 0.6 is 0 Å². The number of nitrogens with zero attached hydrogens (tertiary/aromatic N) is 2. The fourth-order valence-electron chi connectivity index (χ4n) is 3.25. The Hall–Kier alpha value is -3.68. The molecule has 0 fully saturated rings. The van der Waals surface area contributed by atoms with Gasteiger partial charge in [0.1, 0.15) is 12.0 Å². The van der Waals surface area contributed by atoms with E-state index in [1.165, 1.54) is 19.3 Å². The Morgan fingerprint density at radius 3 is 2.48 bits per heavy atom. The molecule has 0 aliphatic carbocycles. The lowest BCUT2D eigenvalue weighted by atomic mass is 10.1. The molecule has 2 N–H and O–H groups in total. The normalized spacial score (nSPS) is 11.6. The zero-order chi connectivity index (χ0) is 20.6. The van der Waals surface area contributed by atoms with Crippen molar-refractivity contribution in [3.05, 3.63) is 78.0 Å². The number of carbonyl (C=O) groups is 1. The number of aromatic nitrogens is 3. The van der Waals surface area contributed by atoms with Gasteiger partial charge in [0.2, 0.25) is 0 Å². The van der Waals surface area contributed by atoms with Crippen LogP contribution in [0.2, 0.25) is 0 Å². The number of nitrogens with one attached hydrogen (secondary N) is 2. The van der Waals surface area contributed by atoms with Crippen molar-refractivity contribution in [3.8, 4) is 11.1 Å². The lowest BCUT2D eigenvalue weighted by Gasteiger charge is -2.08. The maximum atomic E-state index is 13.2. The summed E-state index contributed by atoms with van der Waals surface area (Å²) in [6, 6.07) is 11.7. The summed E-state index contributed by atoms with van der Waals surface area (Å²) in [5.74, 6) is -0.507. The summed E-state index contributed by atoms with van der Waals surface area (Å²) < 4.78 is 39.7. The standard InChI is InChI=1S/C21H15F3N4O/c1-12-16-6-3-7-17(18(16)28-19(12)21(22,23)24)20(29)27-15-5-2-4-13(8-15)14-9-25-11-26-10-14/h2-11,28H,1H3,(H,27,29). The molecule has 4 rings (SSSR count). The number of carbonyl (C=O) groups excluding carboxylic acids is 1. The van der Waals surface area contributed by atoms with E-state index in [9.17, 15) is 18.0 Å². The Bertz CT molecular complexity index is 1200. The highest BCUT2D eigenvalue weighted by atomic mass is 19.4. The summed E-state index contributed by atoms with van der Waals surface area (Å²) in [5, 5.41) is 3.11. The van der Waals surface area contributed by atoms with E-state index < -0.39 is 17.8 Å². The van der Waals surface area contributed by atoms with Gasteiger partial charge in [-0.2, -0.15) is 13.2 Å². The molecule has 0 saturated heterocycles. The van der Waals surface area contributed by atoms with Crippen molar-refractivity contribution in [2.24, 2.45) is 0 Å². The smallest absolute Gasteiger partial charge is 0.350 e. The lowest BCUT2D eigenvalue weighted by molar-refractivity contribution is -0.141. The van der Waals surface area contributed by atoms with Gasteiger partial charge in [-0.05, 0) is 36.2 Å². The van der Waals surface area contributed by atoms with Gasteiger partial charge in [0.05, 0.1) is 11.1 Å². The molecule has 0 aliphatic heterocycles. The van der Waals surface area contributed by atoms with Crippen LogP contribution in [0.1, 0.15) is 21.6 Å². The minimum atomic E-state index is -4.52. The van der Waals surface area contributed by atoms with Gasteiger partial charge in [0.15, 0.2) is 0 Å². The van der Waals surface area contributed by atoms with Crippen molar-refractivity contribution in [1.29, 1.82) is 0 Å². The molecule has 8 heteroatoms. The van der Waals surface area contributed by atoms with Crippen LogP contribution in [0.3, 0.4) is 0 Å². The molecule has 29 heavy (non-hydrogen) atoms. The van der Waals surface area contributed by atoms with Gasteiger partial charge in [-0.1, -0.05) is 24.3 Å². The molecule has 0 unspecified atom stereocenters. The summed E-state index contributed by atoms with van der Waals surface area (Å²) in [5.41, 5.74) is 1.59. The highest BCUT2D eigenvalue weighted by Crippen LogP contribution is 2.36. The number of rotatable bonds is 3. The van der Waals surface area contributed by atoms with Crippen molar-refractivity contribution in [1.82, 2.24) is 15.0 Å². The molecule has 146 valence electrons. The number of alkyl halides is 3. The topological polar surface area (TPSA) is 70.7 Å². The van der Waals surface area contributed by atoms with Crippen molar-refractivity contribution < 1.29 is 18.0 Å². The van der Waals surface area contributed by atoms with E-state index in [0.29, 0.717) is 11.1 Å². The molecule has 1 amide bonds. The molecule has 2 aromatic carbocycles. The predicted octanol–water partition coefficient (Wildman–Crippen LogP) is 5.20. The molecule has 0 spiro atoms. The highest BCUT2D eigenvalue weighted by Gasteiger charge is 2.35. The molecular weight excluding hydrogens is 381 g/mol. The molecule has 0 radical (unpaired) electrons. The number of amides is 1. The number of para-hydroxylation sites is 1. The maximum absolute atomic E-state index is 13.2. The largest absolute Gasteiger partial charge is 0.431 e. The number of fused-ring (bicyclic) bond motifs is 1. The number of anilines is 1. The van der Waals surface area contributed by atoms with Crippen LogP contribution in [0.5, 0.6) is 0 Å². The zero-order valence-corrected chi connectivity index (χ0v) is 15.2. The van der Waals surface area contributed by atoms with Crippen LogP contribution in [-0.2, 0) is 6.18 Å². The monoisotopic (exact) mass is 396 g/mol. The second-order valence-corrected chi connectivity index (χ2v) is 6.51. The Balaban J connectivity index is 1.69. The third kappa shape index (κ3) is 3.56. The van der Waals surface area contributed by atoms with E-state index >= 15 is 0 Å². The number of hydrogen-bond donors (Lipinski definition) is 2. The fourth-order valence-corrected chi connectivity index (χ4v) is 3.25. The van der Waals surface area contributed by atoms with E-state index in [2.05, 4.69) is 20.3 Å². The summed E-state index contributed by atoms with van der Waals surface area (Å²) in [7, 11) is 0. The molecule has 0 bridgehead atoms. The van der Waals surface area contributed by atoms with Crippen LogP contribution in [-0.4, -0.2) is 20.9 Å². The van der Waals surface area contributed by atoms with Crippen molar-refractivity contribution in [3.63, 3.8) is 0 Å². The van der Waals surface area contributed by atoms with E-state index in [1.807, 2.05) is 6.07 Å². The van der Waals surface area contributed by atoms with Crippen LogP contribution < -0.4 is 5.32 Å². The Labute approximate surface area is 163 Å². The predicted molar refractivity (Wildman–Crippen MR) is 103 cm³/mol. The Morgan fingerprint density at radius 1 is 1.03 bits per heavy atom. The number of halogens is 3. The quantitative estimate of drug-likeness (QED) is 0.500. The Morgan fingerprint density at radius 2 is 1.76 bits per heavy atom. The molecule has 2 heterocycles. The average molecular weight is 396 g/mol. The van der Waals surface area contributed by atoms with Crippen LogP contribution in [0.25, 0.3) is 22.0 Å². The molecule has 5 nitrogen and oxygen atoms in total. The summed E-state index contributed by atoms with van der Waals surface area (Å²) >= 11 is 0. The molecule has 0 aliphatic rings. The third-order valence-corrected chi connectivity index (χ3v) is 4.64. The number of hydrogen-bond acceptors (Lipinski definition) is 3. The summed E-state index contributed by atoms with van der Waals surface area (Å²) in [6.45, 7) is 1.38. The highest BCUT2D eigenvalue weighted by molar-refractivity contribution is 6.12. The molecular formula is C21H15F3N4O. The fraction of sp³-hybridized carbons (Fsp3) is 0.0952. The van der Waals surface area contributed by atoms with E-state index in [4.69, 9.17) is 0 Å². The molecule has 4 aromatic rings. The second-order valence-electron chi connectivity index (χ2n) is 6.51. The molecule has 2 aromatic heterocycles. The van der Waals surface area contributed by atoms with Crippen molar-refractivity contribution in [2.45, 2.75) is 13.1 Å². The summed E-state index contributed by atoms with van der Waals surface area (Å²) in [4.78, 5) is 23.1. The van der Waals surface area contributed by atoms with Gasteiger partial charge in [-0.25, -0.2) is 9.97 Å². The minimum Gasteiger partial charge on any atom is -0.350 e. The van der Waals surface area contributed by atoms with Gasteiger partial charge in [-0.15, -0.1) is 0 Å². The Kier molecular flexibility index (Phi) is 4.54. The summed E-state index contributed by atoms with van der Waals surface area (Å²) in [6.07, 6.45) is 0.191. The van der Waals surface area contributed by atoms with Crippen LogP contribution in [0.4, 0.5) is 18.9 Å². The maximum Gasteiger partial charge on any atom is 0.431 e. The van der Waals surface area contributed by atoms with Crippen LogP contribution in [0, 0.1) is 6.92 Å². The third-order valence-electron chi connectivity index (χ3n) is 4.64. The number of aryl methyl sites for hydroxylation is 1. The minimum absolute atomic E-state index is 0.0632. The number of H-pyrrole nitrogens is 1. The first-order valence-corrected chi connectivity index (χ1v) is 8.70. The van der Waals surface area contributed by atoms with Crippen molar-refractivity contribution >= 4 is 22.5 Å². The first-order chi connectivity index (χ1) is 13.8. The number of aromatic amines is 1. The van der Waals surface area contributed by atoms with Gasteiger partial charge in [0.25, 0.3) is 5.91 Å². The van der Waals surface area contributed by atoms with Gasteiger partial charge < -0.3 is 10.3 Å². The van der Waals surface area contributed by atoms with E-state index in [1.54, 1.807) is 42.7 Å². The molecule has 0 saturated carbocycles. The first-order valence-electron chi connectivity index (χ1n) is 8.70. The average Bonchev–Trinajstić information content (AvgIpc) is 3.06. The molecule has 0 atom stereocenters. The zero-order valence-electron chi connectivity index (χ0n) is 15.2. The second kappa shape index (κ2) is 7.05. The van der Waals surface area contributed by atoms with E-state index in [0.717, 1.165) is 11.1 Å². The first kappa shape index (κ1) is 18.7. The SMILES string of the molecule is Cc1c(C(F)(F)F)[nH]c2c(C(=O)Nc3cccc(-c4cncnc4)c3)cccc12. The van der Waals surface area contributed by atoms with Crippen LogP contribution in [0.15, 0.2) is 61.2 Å². The van der Waals surface area contributed by atoms with Gasteiger partial charge in [-0.3, -0.25) is 4.79 Å². The van der Waals surface area contributed by atoms with Crippen molar-refractivity contribution in [2.75, 3.05) is 5.32 Å². The number of benzene rings is 2. The van der Waals surface area contributed by atoms with Gasteiger partial charge in [0, 0.05) is 29.0 Å². The van der Waals surface area contributed by atoms with E-state index in [-0.39, 0.29) is 16.6 Å². The lowest BCUT2D eigenvalue weighted by Crippen LogP contribution is -2.12.